The topological polar surface area (TPSA) is 103 Å². The molecule has 4 aromatic rings. The van der Waals surface area contributed by atoms with Crippen molar-refractivity contribution in [1.29, 1.82) is 0 Å². The van der Waals surface area contributed by atoms with Crippen molar-refractivity contribution < 1.29 is 4.79 Å². The van der Waals surface area contributed by atoms with Crippen molar-refractivity contribution in [2.75, 3.05) is 17.2 Å². The maximum atomic E-state index is 13.2. The lowest BCUT2D eigenvalue weighted by molar-refractivity contribution is -0.120. The van der Waals surface area contributed by atoms with Gasteiger partial charge in [-0.2, -0.15) is 15.1 Å². The molecule has 0 spiro atoms. The average Bonchev–Trinajstić information content (AvgIpc) is 3.54. The Morgan fingerprint density at radius 1 is 0.972 bits per heavy atom. The molecule has 0 unspecified atom stereocenters. The van der Waals surface area contributed by atoms with E-state index in [1.165, 1.54) is 5.56 Å². The van der Waals surface area contributed by atoms with E-state index in [2.05, 4.69) is 48.6 Å². The molecular formula is C27H36N8O. The van der Waals surface area contributed by atoms with Crippen LogP contribution in [0.25, 0.3) is 17.1 Å². The normalized spacial score (nSPS) is 11.3. The first-order valence-corrected chi connectivity index (χ1v) is 13.0. The van der Waals surface area contributed by atoms with Crippen molar-refractivity contribution in [3.05, 3.63) is 54.4 Å². The molecule has 2 N–H and O–H groups in total. The van der Waals surface area contributed by atoms with E-state index in [4.69, 9.17) is 15.0 Å². The fourth-order valence-electron chi connectivity index (χ4n) is 4.43. The van der Waals surface area contributed by atoms with E-state index in [9.17, 15) is 4.79 Å². The van der Waals surface area contributed by atoms with Crippen LogP contribution in [-0.4, -0.2) is 41.8 Å². The van der Waals surface area contributed by atoms with E-state index in [1.54, 1.807) is 10.9 Å². The fourth-order valence-corrected chi connectivity index (χ4v) is 4.43. The maximum Gasteiger partial charge on any atom is 0.233 e. The van der Waals surface area contributed by atoms with Crippen molar-refractivity contribution >= 4 is 28.8 Å². The summed E-state index contributed by atoms with van der Waals surface area (Å²) < 4.78 is 3.76. The molecule has 9 heteroatoms. The SMILES string of the molecule is CCCC(CCC)C(=O)Nc1nc(NCCc2ccccc2)nc2c1nc(-n1cccn1)n2CCC. The number of benzene rings is 1. The van der Waals surface area contributed by atoms with Gasteiger partial charge in [0, 0.05) is 31.4 Å². The molecule has 36 heavy (non-hydrogen) atoms. The average molecular weight is 489 g/mol. The zero-order valence-electron chi connectivity index (χ0n) is 21.4. The zero-order valence-corrected chi connectivity index (χ0v) is 21.4. The summed E-state index contributed by atoms with van der Waals surface area (Å²) in [5, 5.41) is 10.8. The van der Waals surface area contributed by atoms with Crippen molar-refractivity contribution in [2.24, 2.45) is 5.92 Å². The quantitative estimate of drug-likeness (QED) is 0.267. The molecular weight excluding hydrogens is 452 g/mol. The highest BCUT2D eigenvalue weighted by Crippen LogP contribution is 2.26. The molecule has 9 nitrogen and oxygen atoms in total. The highest BCUT2D eigenvalue weighted by atomic mass is 16.2. The third kappa shape index (κ3) is 5.90. The molecule has 0 bridgehead atoms. The van der Waals surface area contributed by atoms with Crippen molar-refractivity contribution in [1.82, 2.24) is 29.3 Å². The van der Waals surface area contributed by atoms with Crippen LogP contribution in [0.15, 0.2) is 48.8 Å². The lowest BCUT2D eigenvalue weighted by Gasteiger charge is -2.15. The summed E-state index contributed by atoms with van der Waals surface area (Å²) in [6.45, 7) is 7.72. The Hall–Kier alpha value is -3.75. The number of amides is 1. The van der Waals surface area contributed by atoms with Gasteiger partial charge in [0.15, 0.2) is 17.0 Å². The molecule has 3 heterocycles. The van der Waals surface area contributed by atoms with Crippen LogP contribution in [0.2, 0.25) is 0 Å². The molecule has 3 aromatic heterocycles. The number of nitrogens with zero attached hydrogens (tertiary/aromatic N) is 6. The first-order chi connectivity index (χ1) is 17.6. The number of hydrogen-bond donors (Lipinski definition) is 2. The van der Waals surface area contributed by atoms with Crippen LogP contribution in [0.4, 0.5) is 11.8 Å². The minimum absolute atomic E-state index is 0.0142. The number of nitrogens with one attached hydrogen (secondary N) is 2. The van der Waals surface area contributed by atoms with Gasteiger partial charge < -0.3 is 10.6 Å². The molecule has 0 fully saturated rings. The molecule has 1 amide bonds. The number of hydrogen-bond acceptors (Lipinski definition) is 6. The monoisotopic (exact) mass is 488 g/mol. The number of imidazole rings is 1. The van der Waals surface area contributed by atoms with E-state index >= 15 is 0 Å². The summed E-state index contributed by atoms with van der Waals surface area (Å²) in [5.74, 6) is 1.50. The zero-order chi connectivity index (χ0) is 25.3. The first kappa shape index (κ1) is 25.3. The predicted molar refractivity (Wildman–Crippen MR) is 143 cm³/mol. The smallest absolute Gasteiger partial charge is 0.233 e. The van der Waals surface area contributed by atoms with Gasteiger partial charge in [-0.1, -0.05) is 63.9 Å². The van der Waals surface area contributed by atoms with Gasteiger partial charge in [0.2, 0.25) is 17.8 Å². The molecule has 4 rings (SSSR count). The lowest BCUT2D eigenvalue weighted by Crippen LogP contribution is -2.24. The minimum Gasteiger partial charge on any atom is -0.354 e. The maximum absolute atomic E-state index is 13.2. The number of rotatable bonds is 13. The molecule has 0 aliphatic rings. The molecule has 0 saturated heterocycles. The van der Waals surface area contributed by atoms with E-state index in [1.807, 2.05) is 35.0 Å². The van der Waals surface area contributed by atoms with E-state index in [-0.39, 0.29) is 11.8 Å². The van der Waals surface area contributed by atoms with E-state index < -0.39 is 0 Å². The number of carbonyl (C=O) groups is 1. The summed E-state index contributed by atoms with van der Waals surface area (Å²) in [4.78, 5) is 27.6. The van der Waals surface area contributed by atoms with E-state index in [0.29, 0.717) is 42.0 Å². The number of fused-ring (bicyclic) bond motifs is 1. The highest BCUT2D eigenvalue weighted by molar-refractivity contribution is 5.98. The van der Waals surface area contributed by atoms with Crippen LogP contribution < -0.4 is 10.6 Å². The van der Waals surface area contributed by atoms with Crippen LogP contribution in [0.3, 0.4) is 0 Å². The second-order valence-electron chi connectivity index (χ2n) is 9.01. The Labute approximate surface area is 212 Å². The molecule has 0 aliphatic heterocycles. The van der Waals surface area contributed by atoms with Crippen LogP contribution in [-0.2, 0) is 17.8 Å². The molecule has 0 atom stereocenters. The Balaban J connectivity index is 1.71. The molecule has 190 valence electrons. The molecule has 0 aliphatic carbocycles. The fraction of sp³-hybridized carbons (Fsp3) is 0.444. The molecule has 0 saturated carbocycles. The van der Waals surface area contributed by atoms with Gasteiger partial charge in [0.25, 0.3) is 0 Å². The van der Waals surface area contributed by atoms with Crippen molar-refractivity contribution in [3.8, 4) is 5.95 Å². The highest BCUT2D eigenvalue weighted by Gasteiger charge is 2.23. The van der Waals surface area contributed by atoms with Gasteiger partial charge in [0.05, 0.1) is 0 Å². The van der Waals surface area contributed by atoms with Gasteiger partial charge in [0.1, 0.15) is 0 Å². The number of aromatic nitrogens is 6. The predicted octanol–water partition coefficient (Wildman–Crippen LogP) is 5.23. The summed E-state index contributed by atoms with van der Waals surface area (Å²) in [6.07, 6.45) is 8.92. The van der Waals surface area contributed by atoms with Gasteiger partial charge in [-0.05, 0) is 37.3 Å². The first-order valence-electron chi connectivity index (χ1n) is 13.0. The van der Waals surface area contributed by atoms with Gasteiger partial charge in [-0.15, -0.1) is 0 Å². The number of carbonyl (C=O) groups excluding carboxylic acids is 1. The second kappa shape index (κ2) is 12.3. The van der Waals surface area contributed by atoms with Crippen molar-refractivity contribution in [3.63, 3.8) is 0 Å². The van der Waals surface area contributed by atoms with Gasteiger partial charge in [-0.3, -0.25) is 9.36 Å². The minimum atomic E-state index is -0.0529. The standard InChI is InChI=1S/C27H36N8O/c1-4-11-21(12-5-2)25(36)31-23-22-24(34(18-6-3)27(30-22)35-19-10-16-29-35)33-26(32-23)28-17-15-20-13-8-7-9-14-20/h7-10,13-14,16,19,21H,4-6,11-12,15,17-18H2,1-3H3,(H2,28,31,32,33,36). The van der Waals surface area contributed by atoms with Gasteiger partial charge >= 0.3 is 0 Å². The van der Waals surface area contributed by atoms with Crippen LogP contribution in [0.5, 0.6) is 0 Å². The summed E-state index contributed by atoms with van der Waals surface area (Å²) in [7, 11) is 0. The summed E-state index contributed by atoms with van der Waals surface area (Å²) >= 11 is 0. The van der Waals surface area contributed by atoms with Crippen LogP contribution in [0, 0.1) is 5.92 Å². The summed E-state index contributed by atoms with van der Waals surface area (Å²) in [5.41, 5.74) is 2.48. The summed E-state index contributed by atoms with van der Waals surface area (Å²) in [6, 6.07) is 12.2. The molecule has 0 radical (unpaired) electrons. The number of anilines is 2. The van der Waals surface area contributed by atoms with Crippen LogP contribution >= 0.6 is 0 Å². The third-order valence-corrected chi connectivity index (χ3v) is 6.16. The van der Waals surface area contributed by atoms with Crippen LogP contribution in [0.1, 0.15) is 58.4 Å². The third-order valence-electron chi connectivity index (χ3n) is 6.16. The Kier molecular flexibility index (Phi) is 8.65. The van der Waals surface area contributed by atoms with Crippen molar-refractivity contribution in [2.45, 2.75) is 65.8 Å². The second-order valence-corrected chi connectivity index (χ2v) is 9.01. The Bertz CT molecular complexity index is 1240. The van der Waals surface area contributed by atoms with Gasteiger partial charge in [-0.25, -0.2) is 9.67 Å². The lowest BCUT2D eigenvalue weighted by atomic mass is 9.97. The van der Waals surface area contributed by atoms with E-state index in [0.717, 1.165) is 38.5 Å². The number of aryl methyl sites for hydroxylation is 1. The molecule has 1 aromatic carbocycles. The Morgan fingerprint density at radius 3 is 2.42 bits per heavy atom. The Morgan fingerprint density at radius 2 is 1.75 bits per heavy atom. The largest absolute Gasteiger partial charge is 0.354 e.